The summed E-state index contributed by atoms with van der Waals surface area (Å²) in [6.45, 7) is 1.40. The number of rotatable bonds is 5. The average Bonchev–Trinajstić information content (AvgIpc) is 2.89. The first-order valence-electron chi connectivity index (χ1n) is 6.23. The second-order valence-corrected chi connectivity index (χ2v) is 4.64. The third kappa shape index (κ3) is 3.38. The van der Waals surface area contributed by atoms with E-state index in [-0.39, 0.29) is 5.69 Å². The molecule has 0 atom stereocenters. The number of aromatic nitrogens is 3. The van der Waals surface area contributed by atoms with Gasteiger partial charge in [0, 0.05) is 5.02 Å². The summed E-state index contributed by atoms with van der Waals surface area (Å²) in [7, 11) is 0. The van der Waals surface area contributed by atoms with Gasteiger partial charge in [0.1, 0.15) is 6.54 Å². The zero-order valence-corrected chi connectivity index (χ0v) is 12.0. The first-order chi connectivity index (χ1) is 10.0. The molecule has 21 heavy (non-hydrogen) atoms. The highest BCUT2D eigenvalue weighted by Crippen LogP contribution is 2.16. The molecule has 8 heteroatoms. The van der Waals surface area contributed by atoms with Gasteiger partial charge in [0.25, 0.3) is 5.91 Å². The number of hydrogen-bond acceptors (Lipinski definition) is 4. The Balaban J connectivity index is 2.31. The summed E-state index contributed by atoms with van der Waals surface area (Å²) in [6, 6.07) is 6.94. The number of carbonyl (C=O) groups excluding carboxylic acids is 1. The van der Waals surface area contributed by atoms with Crippen LogP contribution >= 0.6 is 11.6 Å². The van der Waals surface area contributed by atoms with Crippen molar-refractivity contribution in [2.45, 2.75) is 13.3 Å². The number of carboxylic acid groups (broad SMARTS) is 1. The number of carbonyl (C=O) groups is 2. The van der Waals surface area contributed by atoms with E-state index in [1.165, 1.54) is 4.68 Å². The minimum atomic E-state index is -1.12. The van der Waals surface area contributed by atoms with E-state index in [1.54, 1.807) is 24.3 Å². The highest BCUT2D eigenvalue weighted by molar-refractivity contribution is 6.30. The summed E-state index contributed by atoms with van der Waals surface area (Å²) in [5, 5.41) is 19.2. The molecule has 0 aliphatic carbocycles. The Morgan fingerprint density at radius 1 is 1.33 bits per heavy atom. The molecular formula is C13H13ClN4O3. The number of aliphatic carboxylic acids is 1. The lowest BCUT2D eigenvalue weighted by atomic mass is 10.2. The van der Waals surface area contributed by atoms with E-state index in [9.17, 15) is 9.59 Å². The van der Waals surface area contributed by atoms with E-state index in [1.807, 2.05) is 6.92 Å². The number of carboxylic acids is 1. The van der Waals surface area contributed by atoms with Gasteiger partial charge in [-0.2, -0.15) is 0 Å². The lowest BCUT2D eigenvalue weighted by molar-refractivity contribution is -0.135. The van der Waals surface area contributed by atoms with Crippen LogP contribution in [0.4, 0.5) is 0 Å². The molecule has 0 radical (unpaired) electrons. The van der Waals surface area contributed by atoms with Gasteiger partial charge < -0.3 is 10.4 Å². The molecule has 1 aromatic carbocycles. The number of nitrogens with zero attached hydrogens (tertiary/aromatic N) is 3. The van der Waals surface area contributed by atoms with Gasteiger partial charge >= 0.3 is 5.97 Å². The molecule has 1 heterocycles. The smallest absolute Gasteiger partial charge is 0.322 e. The first-order valence-corrected chi connectivity index (χ1v) is 6.61. The van der Waals surface area contributed by atoms with Gasteiger partial charge in [-0.25, -0.2) is 4.68 Å². The lowest BCUT2D eigenvalue weighted by Crippen LogP contribution is -2.30. The Morgan fingerprint density at radius 3 is 2.57 bits per heavy atom. The molecule has 1 amide bonds. The number of halogens is 1. The maximum Gasteiger partial charge on any atom is 0.322 e. The predicted octanol–water partition coefficient (Wildman–Crippen LogP) is 1.30. The van der Waals surface area contributed by atoms with Gasteiger partial charge in [0.15, 0.2) is 5.69 Å². The monoisotopic (exact) mass is 308 g/mol. The molecular weight excluding hydrogens is 296 g/mol. The molecule has 0 saturated carbocycles. The Labute approximate surface area is 125 Å². The van der Waals surface area contributed by atoms with E-state index >= 15 is 0 Å². The second kappa shape index (κ2) is 6.36. The highest BCUT2D eigenvalue weighted by Gasteiger charge is 2.19. The van der Waals surface area contributed by atoms with Crippen molar-refractivity contribution in [2.75, 3.05) is 6.54 Å². The van der Waals surface area contributed by atoms with Crippen LogP contribution in [0, 0.1) is 0 Å². The standard InChI is InChI=1S/C13H13ClN4O3/c1-2-10-12(13(21)15-7-11(19)20)16-17-18(10)9-5-3-8(14)4-6-9/h3-6H,2,7H2,1H3,(H,15,21)(H,19,20). The van der Waals surface area contributed by atoms with Gasteiger partial charge in [-0.15, -0.1) is 5.10 Å². The lowest BCUT2D eigenvalue weighted by Gasteiger charge is -2.06. The molecule has 0 aliphatic rings. The highest BCUT2D eigenvalue weighted by atomic mass is 35.5. The minimum absolute atomic E-state index is 0.119. The molecule has 1 aromatic heterocycles. The maximum absolute atomic E-state index is 11.9. The molecule has 7 nitrogen and oxygen atoms in total. The van der Waals surface area contributed by atoms with Crippen LogP contribution in [0.2, 0.25) is 5.02 Å². The molecule has 110 valence electrons. The van der Waals surface area contributed by atoms with Gasteiger partial charge in [0.2, 0.25) is 0 Å². The molecule has 2 aromatic rings. The van der Waals surface area contributed by atoms with Crippen molar-refractivity contribution in [3.63, 3.8) is 0 Å². The van der Waals surface area contributed by atoms with Crippen LogP contribution < -0.4 is 5.32 Å². The van der Waals surface area contributed by atoms with Gasteiger partial charge in [-0.05, 0) is 30.7 Å². The van der Waals surface area contributed by atoms with Crippen LogP contribution in [0.1, 0.15) is 23.1 Å². The van der Waals surface area contributed by atoms with Crippen molar-refractivity contribution in [3.05, 3.63) is 40.7 Å². The van der Waals surface area contributed by atoms with E-state index in [4.69, 9.17) is 16.7 Å². The normalized spacial score (nSPS) is 10.4. The molecule has 0 saturated heterocycles. The summed E-state index contributed by atoms with van der Waals surface area (Å²) < 4.78 is 1.53. The Hall–Kier alpha value is -2.41. The van der Waals surface area contributed by atoms with Gasteiger partial charge in [0.05, 0.1) is 11.4 Å². The first kappa shape index (κ1) is 15.0. The van der Waals surface area contributed by atoms with Gasteiger partial charge in [-0.3, -0.25) is 9.59 Å². The Kier molecular flexibility index (Phi) is 4.54. The molecule has 2 N–H and O–H groups in total. The fourth-order valence-corrected chi connectivity index (χ4v) is 1.95. The van der Waals surface area contributed by atoms with Crippen LogP contribution in [-0.2, 0) is 11.2 Å². The van der Waals surface area contributed by atoms with Crippen molar-refractivity contribution < 1.29 is 14.7 Å². The summed E-state index contributed by atoms with van der Waals surface area (Å²) in [5.74, 6) is -1.68. The van der Waals surface area contributed by atoms with Crippen LogP contribution in [0.25, 0.3) is 5.69 Å². The van der Waals surface area contributed by atoms with E-state index in [0.29, 0.717) is 17.1 Å². The molecule has 0 fully saturated rings. The second-order valence-electron chi connectivity index (χ2n) is 4.20. The largest absolute Gasteiger partial charge is 0.480 e. The van der Waals surface area contributed by atoms with E-state index in [2.05, 4.69) is 15.6 Å². The van der Waals surface area contributed by atoms with Crippen LogP contribution in [0.3, 0.4) is 0 Å². The average molecular weight is 309 g/mol. The molecule has 2 rings (SSSR count). The summed E-state index contributed by atoms with van der Waals surface area (Å²) >= 11 is 5.83. The van der Waals surface area contributed by atoms with Crippen molar-refractivity contribution >= 4 is 23.5 Å². The molecule has 0 spiro atoms. The summed E-state index contributed by atoms with van der Waals surface area (Å²) in [6.07, 6.45) is 0.519. The van der Waals surface area contributed by atoms with Crippen molar-refractivity contribution in [1.82, 2.24) is 20.3 Å². The van der Waals surface area contributed by atoms with E-state index in [0.717, 1.165) is 5.69 Å². The van der Waals surface area contributed by atoms with Crippen molar-refractivity contribution in [2.24, 2.45) is 0 Å². The molecule has 0 unspecified atom stereocenters. The minimum Gasteiger partial charge on any atom is -0.480 e. The van der Waals surface area contributed by atoms with Gasteiger partial charge in [-0.1, -0.05) is 23.7 Å². The quantitative estimate of drug-likeness (QED) is 0.867. The third-order valence-electron chi connectivity index (χ3n) is 2.78. The fraction of sp³-hybridized carbons (Fsp3) is 0.231. The molecule has 0 aliphatic heterocycles. The molecule has 0 bridgehead atoms. The summed E-state index contributed by atoms with van der Waals surface area (Å²) in [5.41, 5.74) is 1.44. The van der Waals surface area contributed by atoms with Crippen molar-refractivity contribution in [1.29, 1.82) is 0 Å². The zero-order chi connectivity index (χ0) is 15.4. The number of benzene rings is 1. The number of amides is 1. The van der Waals surface area contributed by atoms with Crippen LogP contribution in [0.15, 0.2) is 24.3 Å². The van der Waals surface area contributed by atoms with Crippen LogP contribution in [0.5, 0.6) is 0 Å². The fourth-order valence-electron chi connectivity index (χ4n) is 1.82. The number of hydrogen-bond donors (Lipinski definition) is 2. The SMILES string of the molecule is CCc1c(C(=O)NCC(=O)O)nnn1-c1ccc(Cl)cc1. The van der Waals surface area contributed by atoms with Crippen molar-refractivity contribution in [3.8, 4) is 5.69 Å². The Bertz CT molecular complexity index is 667. The summed E-state index contributed by atoms with van der Waals surface area (Å²) in [4.78, 5) is 22.4. The van der Waals surface area contributed by atoms with Crippen LogP contribution in [-0.4, -0.2) is 38.5 Å². The van der Waals surface area contributed by atoms with E-state index < -0.39 is 18.4 Å². The Morgan fingerprint density at radius 2 is 2.00 bits per heavy atom. The zero-order valence-electron chi connectivity index (χ0n) is 11.2. The number of nitrogens with one attached hydrogen (secondary N) is 1. The third-order valence-corrected chi connectivity index (χ3v) is 3.04. The topological polar surface area (TPSA) is 97.1 Å². The predicted molar refractivity (Wildman–Crippen MR) is 75.7 cm³/mol. The maximum atomic E-state index is 11.9.